The molecule has 2 aliphatic heterocycles. The number of benzene rings is 1. The Kier molecular flexibility index (Phi) is 7.33. The van der Waals surface area contributed by atoms with Crippen molar-refractivity contribution < 1.29 is 40.9 Å². The molecule has 0 radical (unpaired) electrons. The minimum absolute atomic E-state index is 0.0113. The highest BCUT2D eigenvalue weighted by atomic mass is 35.5. The van der Waals surface area contributed by atoms with Crippen molar-refractivity contribution in [1.82, 2.24) is 19.7 Å². The summed E-state index contributed by atoms with van der Waals surface area (Å²) >= 11 is 5.94. The van der Waals surface area contributed by atoms with Gasteiger partial charge in [0.25, 0.3) is 0 Å². The van der Waals surface area contributed by atoms with E-state index in [1.54, 1.807) is 0 Å². The van der Waals surface area contributed by atoms with Crippen LogP contribution in [0, 0.1) is 24.4 Å². The van der Waals surface area contributed by atoms with Crippen molar-refractivity contribution in [2.24, 2.45) is 10.7 Å². The third-order valence-electron chi connectivity index (χ3n) is 6.34. The molecule has 2 saturated heterocycles. The lowest BCUT2D eigenvalue weighted by molar-refractivity contribution is -0.273. The van der Waals surface area contributed by atoms with E-state index in [1.807, 2.05) is 0 Å². The third kappa shape index (κ3) is 5.05. The number of nitrogens with zero attached hydrogens (tertiary/aromatic N) is 5. The second kappa shape index (κ2) is 10.5. The fraction of sp³-hybridized carbons (Fsp3) is 0.333. The normalized spacial score (nSPS) is 25.2. The summed E-state index contributed by atoms with van der Waals surface area (Å²) in [6.45, 7) is 1.53. The van der Waals surface area contributed by atoms with Gasteiger partial charge in [0.05, 0.1) is 17.3 Å². The van der Waals surface area contributed by atoms with Crippen LogP contribution in [0.3, 0.4) is 0 Å². The molecule has 2 aliphatic rings. The second-order valence-electron chi connectivity index (χ2n) is 8.98. The molecule has 4 heterocycles. The summed E-state index contributed by atoms with van der Waals surface area (Å²) in [7, 11) is 0. The van der Waals surface area contributed by atoms with Crippen molar-refractivity contribution in [3.05, 3.63) is 76.0 Å². The van der Waals surface area contributed by atoms with Gasteiger partial charge in [-0.3, -0.25) is 4.99 Å². The highest BCUT2D eigenvalue weighted by molar-refractivity contribution is 6.30. The van der Waals surface area contributed by atoms with E-state index in [9.17, 15) is 31.4 Å². The number of halogens is 7. The highest BCUT2D eigenvalue weighted by Crippen LogP contribution is 2.40. The van der Waals surface area contributed by atoms with Gasteiger partial charge in [-0.2, -0.15) is 18.3 Å². The van der Waals surface area contributed by atoms with E-state index in [2.05, 4.69) is 20.1 Å². The Morgan fingerprint density at radius 1 is 1.23 bits per heavy atom. The van der Waals surface area contributed by atoms with Crippen molar-refractivity contribution in [1.29, 1.82) is 0 Å². The molecule has 40 heavy (non-hydrogen) atoms. The number of pyridine rings is 1. The topological polar surface area (TPSA) is 121 Å². The lowest BCUT2D eigenvalue weighted by atomic mass is 9.89. The molecule has 5 unspecified atom stereocenters. The number of alkyl halides is 3. The van der Waals surface area contributed by atoms with Gasteiger partial charge < -0.3 is 20.3 Å². The van der Waals surface area contributed by atoms with Gasteiger partial charge >= 0.3 is 6.18 Å². The fourth-order valence-electron chi connectivity index (χ4n) is 4.45. The molecular formula is C24H19ClF6N6O3. The molecule has 16 heteroatoms. The zero-order valence-corrected chi connectivity index (χ0v) is 21.0. The molecule has 5 rings (SSSR count). The number of aliphatic hydroxyl groups excluding tert-OH is 1. The molecule has 3 N–H and O–H groups in total. The Balaban J connectivity index is 1.51. The van der Waals surface area contributed by atoms with Crippen LogP contribution in [0.1, 0.15) is 29.0 Å². The molecule has 0 saturated carbocycles. The lowest BCUT2D eigenvalue weighted by Crippen LogP contribution is -2.62. The number of hydrogen-bond donors (Lipinski definition) is 2. The Labute approximate surface area is 226 Å². The largest absolute Gasteiger partial charge is 0.435 e. The number of fused-ring (bicyclic) bond motifs is 1. The maximum absolute atomic E-state index is 13.8. The summed E-state index contributed by atoms with van der Waals surface area (Å²) < 4.78 is 94.5. The highest BCUT2D eigenvalue weighted by Gasteiger charge is 2.53. The molecular weight excluding hydrogens is 570 g/mol. The number of ether oxygens (including phenoxy) is 2. The molecule has 1 aromatic carbocycles. The minimum Gasteiger partial charge on any atom is -0.404 e. The van der Waals surface area contributed by atoms with Gasteiger partial charge in [-0.25, -0.2) is 27.8 Å². The van der Waals surface area contributed by atoms with Gasteiger partial charge in [0.2, 0.25) is 0 Å². The van der Waals surface area contributed by atoms with Gasteiger partial charge in [0.15, 0.2) is 29.0 Å². The van der Waals surface area contributed by atoms with Crippen LogP contribution in [0.25, 0.3) is 11.3 Å². The molecule has 0 aliphatic carbocycles. The number of aromatic nitrogens is 4. The molecule has 2 aromatic heterocycles. The maximum atomic E-state index is 13.8. The number of aliphatic imine (C=N–C) groups is 1. The van der Waals surface area contributed by atoms with Crippen LogP contribution in [-0.2, 0) is 15.7 Å². The van der Waals surface area contributed by atoms with E-state index in [-0.39, 0.29) is 34.4 Å². The zero-order valence-electron chi connectivity index (χ0n) is 20.3. The number of aliphatic hydroxyl groups is 1. The molecule has 0 spiro atoms. The van der Waals surface area contributed by atoms with Gasteiger partial charge in [0.1, 0.15) is 36.3 Å². The Morgan fingerprint density at radius 2 is 1.93 bits per heavy atom. The molecule has 3 aromatic rings. The summed E-state index contributed by atoms with van der Waals surface area (Å²) in [5.74, 6) is -4.66. The number of allylic oxidation sites excluding steroid dienone is 1. The SMILES string of the molecule is Cc1nc(C2OC3COC3C(N=CC(=CN)c3cc(F)c(F)c(F)c3)C2O)n(-c2cc(Cl)cnc2C(F)(F)F)n1. The summed E-state index contributed by atoms with van der Waals surface area (Å²) in [4.78, 5) is 11.9. The summed E-state index contributed by atoms with van der Waals surface area (Å²) in [5.41, 5.74) is 3.63. The molecule has 0 amide bonds. The summed E-state index contributed by atoms with van der Waals surface area (Å²) in [6, 6.07) is 1.37. The second-order valence-corrected chi connectivity index (χ2v) is 9.41. The fourth-order valence-corrected chi connectivity index (χ4v) is 4.61. The van der Waals surface area contributed by atoms with Crippen LogP contribution < -0.4 is 5.73 Å². The van der Waals surface area contributed by atoms with Crippen molar-refractivity contribution in [2.45, 2.75) is 43.6 Å². The van der Waals surface area contributed by atoms with Crippen molar-refractivity contribution >= 4 is 23.4 Å². The molecule has 2 fully saturated rings. The first-order chi connectivity index (χ1) is 18.9. The van der Waals surface area contributed by atoms with Gasteiger partial charge in [-0.15, -0.1) is 0 Å². The molecule has 5 atom stereocenters. The number of nitrogens with two attached hydrogens (primary N) is 1. The van der Waals surface area contributed by atoms with E-state index in [0.29, 0.717) is 0 Å². The van der Waals surface area contributed by atoms with Crippen molar-refractivity contribution in [2.75, 3.05) is 6.61 Å². The first-order valence-corrected chi connectivity index (χ1v) is 12.0. The number of aryl methyl sites for hydroxylation is 1. The zero-order chi connectivity index (χ0) is 28.9. The standard InChI is InChI=1S/C24H19ClF6N6O3/c1-9-35-23(37(36-9)15-4-12(25)7-34-22(15)24(29,30)31)21-19(38)18(20-16(40-21)8-39-20)33-6-11(5-32)10-2-13(26)17(28)14(27)3-10/h2-7,16,18-21,38H,8,32H2,1H3. The van der Waals surface area contributed by atoms with Crippen LogP contribution in [0.4, 0.5) is 26.3 Å². The first-order valence-electron chi connectivity index (χ1n) is 11.6. The van der Waals surface area contributed by atoms with Gasteiger partial charge in [-0.1, -0.05) is 11.6 Å². The molecule has 212 valence electrons. The van der Waals surface area contributed by atoms with Crippen LogP contribution >= 0.6 is 11.6 Å². The Hall–Kier alpha value is -3.53. The first kappa shape index (κ1) is 28.0. The average molecular weight is 589 g/mol. The average Bonchev–Trinajstić information content (AvgIpc) is 3.25. The van der Waals surface area contributed by atoms with Gasteiger partial charge in [0, 0.05) is 24.2 Å². The number of hydrogen-bond acceptors (Lipinski definition) is 8. The van der Waals surface area contributed by atoms with E-state index in [0.717, 1.165) is 41.5 Å². The smallest absolute Gasteiger partial charge is 0.404 e. The number of rotatable bonds is 5. The molecule has 0 bridgehead atoms. The quantitative estimate of drug-likeness (QED) is 0.265. The minimum atomic E-state index is -4.87. The van der Waals surface area contributed by atoms with Crippen molar-refractivity contribution in [3.63, 3.8) is 0 Å². The summed E-state index contributed by atoms with van der Waals surface area (Å²) in [5, 5.41) is 15.2. The Morgan fingerprint density at radius 3 is 2.52 bits per heavy atom. The predicted octanol–water partition coefficient (Wildman–Crippen LogP) is 3.70. The monoisotopic (exact) mass is 588 g/mol. The maximum Gasteiger partial charge on any atom is 0.435 e. The lowest BCUT2D eigenvalue weighted by Gasteiger charge is -2.48. The predicted molar refractivity (Wildman–Crippen MR) is 128 cm³/mol. The van der Waals surface area contributed by atoms with Crippen molar-refractivity contribution in [3.8, 4) is 5.69 Å². The Bertz CT molecular complexity index is 1490. The van der Waals surface area contributed by atoms with Crippen LogP contribution in [0.2, 0.25) is 5.02 Å². The third-order valence-corrected chi connectivity index (χ3v) is 6.55. The van der Waals surface area contributed by atoms with Crippen LogP contribution in [0.5, 0.6) is 0 Å². The van der Waals surface area contributed by atoms with E-state index >= 15 is 0 Å². The van der Waals surface area contributed by atoms with E-state index in [1.165, 1.54) is 6.92 Å². The van der Waals surface area contributed by atoms with E-state index in [4.69, 9.17) is 26.8 Å². The van der Waals surface area contributed by atoms with E-state index < -0.39 is 65.5 Å². The van der Waals surface area contributed by atoms with Gasteiger partial charge in [-0.05, 0) is 30.7 Å². The van der Waals surface area contributed by atoms with Crippen LogP contribution in [-0.4, -0.2) is 62.0 Å². The van der Waals surface area contributed by atoms with Crippen LogP contribution in [0.15, 0.2) is 35.6 Å². The molecule has 9 nitrogen and oxygen atoms in total. The summed E-state index contributed by atoms with van der Waals surface area (Å²) in [6.07, 6.45) is -6.21.